The summed E-state index contributed by atoms with van der Waals surface area (Å²) in [4.78, 5) is 16.4. The lowest BCUT2D eigenvalue weighted by atomic mass is 9.93. The Kier molecular flexibility index (Phi) is 5.71. The van der Waals surface area contributed by atoms with E-state index in [0.717, 1.165) is 39.0 Å². The smallest absolute Gasteiger partial charge is 0.226 e. The Hall–Kier alpha value is -1.35. The number of hydrogen-bond acceptors (Lipinski definition) is 1. The lowest BCUT2D eigenvalue weighted by Crippen LogP contribution is -3.13. The molecule has 2 aliphatic heterocycles. The summed E-state index contributed by atoms with van der Waals surface area (Å²) in [6, 6.07) is 10.8. The number of amides is 1. The number of likely N-dealkylation sites (tertiary alicyclic amines) is 2. The average molecular weight is 315 g/mol. The van der Waals surface area contributed by atoms with Crippen LogP contribution < -0.4 is 4.90 Å². The molecule has 0 spiro atoms. The van der Waals surface area contributed by atoms with Crippen LogP contribution in [0.3, 0.4) is 0 Å². The molecule has 1 amide bonds. The van der Waals surface area contributed by atoms with E-state index in [0.29, 0.717) is 17.7 Å². The molecule has 0 bridgehead atoms. The topological polar surface area (TPSA) is 24.8 Å². The highest BCUT2D eigenvalue weighted by Crippen LogP contribution is 2.18. The molecule has 0 aromatic heterocycles. The molecule has 2 saturated heterocycles. The maximum atomic E-state index is 12.6. The molecule has 1 aromatic rings. The van der Waals surface area contributed by atoms with E-state index in [1.54, 1.807) is 4.90 Å². The highest BCUT2D eigenvalue weighted by Gasteiger charge is 2.31. The van der Waals surface area contributed by atoms with Crippen LogP contribution in [0, 0.1) is 5.92 Å². The third-order valence-corrected chi connectivity index (χ3v) is 5.67. The molecule has 1 atom stereocenters. The molecule has 23 heavy (non-hydrogen) atoms. The van der Waals surface area contributed by atoms with Gasteiger partial charge in [-0.05, 0) is 24.8 Å². The van der Waals surface area contributed by atoms with Crippen molar-refractivity contribution in [2.24, 2.45) is 5.92 Å². The first-order valence-corrected chi connectivity index (χ1v) is 9.41. The first kappa shape index (κ1) is 16.5. The van der Waals surface area contributed by atoms with Crippen LogP contribution >= 0.6 is 0 Å². The van der Waals surface area contributed by atoms with E-state index >= 15 is 0 Å². The van der Waals surface area contributed by atoms with E-state index in [1.165, 1.54) is 31.4 Å². The summed E-state index contributed by atoms with van der Waals surface area (Å²) in [7, 11) is 0. The fourth-order valence-electron chi connectivity index (χ4n) is 4.18. The van der Waals surface area contributed by atoms with E-state index in [4.69, 9.17) is 0 Å². The van der Waals surface area contributed by atoms with Gasteiger partial charge < -0.3 is 9.80 Å². The molecule has 3 nitrogen and oxygen atoms in total. The minimum Gasteiger partial charge on any atom is -0.342 e. The average Bonchev–Trinajstić information content (AvgIpc) is 2.63. The predicted molar refractivity (Wildman–Crippen MR) is 93.6 cm³/mol. The minimum atomic E-state index is 0.295. The second-order valence-electron chi connectivity index (χ2n) is 7.43. The maximum Gasteiger partial charge on any atom is 0.226 e. The lowest BCUT2D eigenvalue weighted by Gasteiger charge is -2.34. The Balaban J connectivity index is 1.45. The van der Waals surface area contributed by atoms with Gasteiger partial charge >= 0.3 is 0 Å². The van der Waals surface area contributed by atoms with Crippen LogP contribution in [0.5, 0.6) is 0 Å². The number of carbonyl (C=O) groups excluding carboxylic acids is 1. The molecule has 0 saturated carbocycles. The third-order valence-electron chi connectivity index (χ3n) is 5.67. The van der Waals surface area contributed by atoms with Crippen LogP contribution in [0.1, 0.15) is 50.5 Å². The van der Waals surface area contributed by atoms with Gasteiger partial charge in [-0.15, -0.1) is 0 Å². The molecule has 0 radical (unpaired) electrons. The van der Waals surface area contributed by atoms with Crippen molar-refractivity contribution in [1.82, 2.24) is 4.90 Å². The summed E-state index contributed by atoms with van der Waals surface area (Å²) in [5.41, 5.74) is 1.44. The van der Waals surface area contributed by atoms with Gasteiger partial charge in [-0.25, -0.2) is 0 Å². The van der Waals surface area contributed by atoms with Crippen molar-refractivity contribution >= 4 is 5.91 Å². The van der Waals surface area contributed by atoms with Gasteiger partial charge in [-0.3, -0.25) is 4.79 Å². The van der Waals surface area contributed by atoms with Gasteiger partial charge in [0.1, 0.15) is 0 Å². The number of quaternary nitrogens is 1. The number of hydrogen-bond donors (Lipinski definition) is 1. The number of benzene rings is 1. The van der Waals surface area contributed by atoms with Gasteiger partial charge in [0.15, 0.2) is 0 Å². The van der Waals surface area contributed by atoms with E-state index in [-0.39, 0.29) is 0 Å². The number of nitrogens with one attached hydrogen (secondary N) is 1. The number of piperidine rings is 2. The van der Waals surface area contributed by atoms with Crippen molar-refractivity contribution in [3.8, 4) is 0 Å². The largest absolute Gasteiger partial charge is 0.342 e. The van der Waals surface area contributed by atoms with Crippen LogP contribution in [0.4, 0.5) is 0 Å². The molecule has 2 fully saturated rings. The van der Waals surface area contributed by atoms with Gasteiger partial charge in [0, 0.05) is 37.8 Å². The van der Waals surface area contributed by atoms with Crippen LogP contribution in [0.2, 0.25) is 0 Å². The fourth-order valence-corrected chi connectivity index (χ4v) is 4.18. The Labute approximate surface area is 140 Å². The van der Waals surface area contributed by atoms with Gasteiger partial charge in [-0.1, -0.05) is 37.3 Å². The second kappa shape index (κ2) is 7.96. The number of carbonyl (C=O) groups is 1. The van der Waals surface area contributed by atoms with Crippen molar-refractivity contribution in [3.63, 3.8) is 0 Å². The Morgan fingerprint density at radius 1 is 1.13 bits per heavy atom. The SMILES string of the molecule is C[C@H](C[NH+]1CCC(C(=O)N2CCCCC2)CC1)c1ccccc1. The van der Waals surface area contributed by atoms with Crippen LogP contribution in [0.15, 0.2) is 30.3 Å². The molecule has 1 N–H and O–H groups in total. The molecule has 3 heteroatoms. The zero-order chi connectivity index (χ0) is 16.1. The van der Waals surface area contributed by atoms with Crippen molar-refractivity contribution in [2.75, 3.05) is 32.7 Å². The first-order chi connectivity index (χ1) is 11.2. The summed E-state index contributed by atoms with van der Waals surface area (Å²) in [5.74, 6) is 1.34. The van der Waals surface area contributed by atoms with Crippen LogP contribution in [-0.2, 0) is 4.79 Å². The molecule has 2 heterocycles. The summed E-state index contributed by atoms with van der Waals surface area (Å²) in [5, 5.41) is 0. The van der Waals surface area contributed by atoms with Crippen LogP contribution in [-0.4, -0.2) is 43.5 Å². The Morgan fingerprint density at radius 3 is 2.43 bits per heavy atom. The molecule has 2 aliphatic rings. The number of rotatable bonds is 4. The van der Waals surface area contributed by atoms with Crippen molar-refractivity contribution < 1.29 is 9.69 Å². The van der Waals surface area contributed by atoms with E-state index in [9.17, 15) is 4.79 Å². The molecular formula is C20H31N2O+. The van der Waals surface area contributed by atoms with Crippen molar-refractivity contribution in [2.45, 2.75) is 44.9 Å². The van der Waals surface area contributed by atoms with E-state index in [2.05, 4.69) is 42.2 Å². The second-order valence-corrected chi connectivity index (χ2v) is 7.43. The minimum absolute atomic E-state index is 0.295. The maximum absolute atomic E-state index is 12.6. The van der Waals surface area contributed by atoms with E-state index < -0.39 is 0 Å². The first-order valence-electron chi connectivity index (χ1n) is 9.41. The van der Waals surface area contributed by atoms with Gasteiger partial charge in [0.2, 0.25) is 5.91 Å². The Morgan fingerprint density at radius 2 is 1.78 bits per heavy atom. The third kappa shape index (κ3) is 4.35. The zero-order valence-electron chi connectivity index (χ0n) is 14.5. The lowest BCUT2D eigenvalue weighted by molar-refractivity contribution is -0.907. The summed E-state index contributed by atoms with van der Waals surface area (Å²) < 4.78 is 0. The standard InChI is InChI=1S/C20H30N2O/c1-17(18-8-4-2-5-9-18)16-21-14-10-19(11-15-21)20(23)22-12-6-3-7-13-22/h2,4-5,8-9,17,19H,3,6-7,10-16H2,1H3/p+1/t17-/m1/s1. The molecule has 0 aliphatic carbocycles. The van der Waals surface area contributed by atoms with E-state index in [1.807, 2.05) is 0 Å². The van der Waals surface area contributed by atoms with Gasteiger partial charge in [0.25, 0.3) is 0 Å². The summed E-state index contributed by atoms with van der Waals surface area (Å²) >= 11 is 0. The predicted octanol–water partition coefficient (Wildman–Crippen LogP) is 2.10. The molecular weight excluding hydrogens is 284 g/mol. The molecule has 0 unspecified atom stereocenters. The van der Waals surface area contributed by atoms with Crippen molar-refractivity contribution in [3.05, 3.63) is 35.9 Å². The quantitative estimate of drug-likeness (QED) is 0.904. The Bertz CT molecular complexity index is 488. The monoisotopic (exact) mass is 315 g/mol. The molecule has 3 rings (SSSR count). The van der Waals surface area contributed by atoms with Crippen LogP contribution in [0.25, 0.3) is 0 Å². The molecule has 126 valence electrons. The summed E-state index contributed by atoms with van der Waals surface area (Å²) in [6.07, 6.45) is 5.84. The fraction of sp³-hybridized carbons (Fsp3) is 0.650. The van der Waals surface area contributed by atoms with Gasteiger partial charge in [-0.2, -0.15) is 0 Å². The summed E-state index contributed by atoms with van der Waals surface area (Å²) in [6.45, 7) is 7.82. The normalized spacial score (nSPS) is 26.7. The van der Waals surface area contributed by atoms with Gasteiger partial charge in [0.05, 0.1) is 19.6 Å². The molecule has 1 aromatic carbocycles. The number of nitrogens with zero attached hydrogens (tertiary/aromatic N) is 1. The zero-order valence-corrected chi connectivity index (χ0v) is 14.5. The van der Waals surface area contributed by atoms with Crippen molar-refractivity contribution in [1.29, 1.82) is 0 Å². The highest BCUT2D eigenvalue weighted by atomic mass is 16.2. The highest BCUT2D eigenvalue weighted by molar-refractivity contribution is 5.79.